The molecule has 0 saturated carbocycles. The number of amides is 2. The molecule has 0 radical (unpaired) electrons. The van der Waals surface area contributed by atoms with Crippen molar-refractivity contribution in [1.82, 2.24) is 15.1 Å². The van der Waals surface area contributed by atoms with Gasteiger partial charge in [0.15, 0.2) is 0 Å². The highest BCUT2D eigenvalue weighted by Crippen LogP contribution is 2.36. The molecule has 1 aromatic rings. The fraction of sp³-hybridized carbons (Fsp3) is 0.600. The second-order valence-electron chi connectivity index (χ2n) is 7.73. The maximum atomic E-state index is 13.3. The van der Waals surface area contributed by atoms with Crippen LogP contribution in [0.1, 0.15) is 43.9 Å². The van der Waals surface area contributed by atoms with Crippen molar-refractivity contribution in [3.63, 3.8) is 0 Å². The Hall–Kier alpha value is -1.88. The Labute approximate surface area is 150 Å². The summed E-state index contributed by atoms with van der Waals surface area (Å²) < 4.78 is 0. The highest BCUT2D eigenvalue weighted by molar-refractivity contribution is 6.04. The van der Waals surface area contributed by atoms with Crippen LogP contribution in [-0.4, -0.2) is 54.3 Å². The molecular formula is C20H29N3O2. The van der Waals surface area contributed by atoms with Gasteiger partial charge in [0.25, 0.3) is 0 Å². The zero-order chi connectivity index (χ0) is 18.0. The molecule has 1 N–H and O–H groups in total. The second-order valence-corrected chi connectivity index (χ2v) is 7.73. The molecule has 0 spiro atoms. The number of hydrogen-bond donors (Lipinski definition) is 1. The number of benzene rings is 1. The summed E-state index contributed by atoms with van der Waals surface area (Å²) in [5.74, 6) is -0.0901. The summed E-state index contributed by atoms with van der Waals surface area (Å²) in [4.78, 5) is 30.0. The van der Waals surface area contributed by atoms with E-state index in [0.29, 0.717) is 13.1 Å². The number of nitrogens with one attached hydrogen (secondary N) is 1. The fourth-order valence-electron chi connectivity index (χ4n) is 3.86. The minimum absolute atomic E-state index is 0.0425. The molecule has 5 heteroatoms. The summed E-state index contributed by atoms with van der Waals surface area (Å²) in [5.41, 5.74) is 1.38. The van der Waals surface area contributed by atoms with E-state index in [2.05, 4.69) is 36.5 Å². The van der Waals surface area contributed by atoms with Crippen molar-refractivity contribution >= 4 is 11.8 Å². The minimum Gasteiger partial charge on any atom is -0.339 e. The van der Waals surface area contributed by atoms with Gasteiger partial charge in [-0.05, 0) is 39.2 Å². The van der Waals surface area contributed by atoms with E-state index in [-0.39, 0.29) is 17.9 Å². The van der Waals surface area contributed by atoms with Gasteiger partial charge >= 0.3 is 0 Å². The number of carbonyl (C=O) groups excluding carboxylic acids is 2. The molecule has 2 amide bonds. The van der Waals surface area contributed by atoms with Crippen LogP contribution in [0.4, 0.5) is 0 Å². The molecule has 25 heavy (non-hydrogen) atoms. The third-order valence-electron chi connectivity index (χ3n) is 5.45. The molecule has 2 heterocycles. The highest BCUT2D eigenvalue weighted by Gasteiger charge is 2.44. The summed E-state index contributed by atoms with van der Waals surface area (Å²) in [6.45, 7) is 9.31. The van der Waals surface area contributed by atoms with E-state index < -0.39 is 5.41 Å². The van der Waals surface area contributed by atoms with Gasteiger partial charge in [-0.1, -0.05) is 29.8 Å². The zero-order valence-electron chi connectivity index (χ0n) is 15.5. The van der Waals surface area contributed by atoms with E-state index in [4.69, 9.17) is 0 Å². The van der Waals surface area contributed by atoms with Gasteiger partial charge in [0, 0.05) is 32.7 Å². The fourth-order valence-corrected chi connectivity index (χ4v) is 3.86. The molecule has 2 aliphatic rings. The number of aryl methyl sites for hydroxylation is 1. The molecular weight excluding hydrogens is 314 g/mol. The molecule has 5 nitrogen and oxygen atoms in total. The van der Waals surface area contributed by atoms with Gasteiger partial charge in [0.1, 0.15) is 5.41 Å². The lowest BCUT2D eigenvalue weighted by molar-refractivity contribution is -0.155. The molecule has 1 atom stereocenters. The Bertz CT molecular complexity index is 633. The van der Waals surface area contributed by atoms with Gasteiger partial charge in [-0.25, -0.2) is 0 Å². The topological polar surface area (TPSA) is 52.7 Å². The van der Waals surface area contributed by atoms with Gasteiger partial charge < -0.3 is 15.1 Å². The zero-order valence-corrected chi connectivity index (χ0v) is 15.5. The van der Waals surface area contributed by atoms with E-state index in [0.717, 1.165) is 32.5 Å². The van der Waals surface area contributed by atoms with E-state index in [1.54, 1.807) is 13.8 Å². The molecule has 1 unspecified atom stereocenters. The first-order valence-corrected chi connectivity index (χ1v) is 9.29. The van der Waals surface area contributed by atoms with Gasteiger partial charge in [-0.2, -0.15) is 0 Å². The first-order valence-electron chi connectivity index (χ1n) is 9.29. The number of nitrogens with zero attached hydrogens (tertiary/aromatic N) is 2. The molecule has 1 aromatic carbocycles. The quantitative estimate of drug-likeness (QED) is 0.856. The predicted molar refractivity (Wildman–Crippen MR) is 98.1 cm³/mol. The normalized spacial score (nSPS) is 21.5. The predicted octanol–water partition coefficient (Wildman–Crippen LogP) is 2.12. The lowest BCUT2D eigenvalue weighted by Gasteiger charge is -2.37. The Balaban J connectivity index is 1.77. The molecule has 0 aliphatic carbocycles. The molecule has 136 valence electrons. The van der Waals surface area contributed by atoms with E-state index in [1.165, 1.54) is 11.1 Å². The van der Waals surface area contributed by atoms with Crippen molar-refractivity contribution in [3.8, 4) is 0 Å². The van der Waals surface area contributed by atoms with Gasteiger partial charge in [-0.15, -0.1) is 0 Å². The van der Waals surface area contributed by atoms with E-state index >= 15 is 0 Å². The summed E-state index contributed by atoms with van der Waals surface area (Å²) in [6, 6.07) is 8.48. The van der Waals surface area contributed by atoms with Crippen molar-refractivity contribution in [3.05, 3.63) is 35.4 Å². The first-order chi connectivity index (χ1) is 11.9. The summed E-state index contributed by atoms with van der Waals surface area (Å²) >= 11 is 0. The number of carbonyl (C=O) groups is 2. The summed E-state index contributed by atoms with van der Waals surface area (Å²) in [7, 11) is 0. The molecule has 3 rings (SSSR count). The molecule has 0 bridgehead atoms. The van der Waals surface area contributed by atoms with Crippen LogP contribution in [0.25, 0.3) is 0 Å². The van der Waals surface area contributed by atoms with Gasteiger partial charge in [0.05, 0.1) is 6.04 Å². The lowest BCUT2D eigenvalue weighted by Crippen LogP contribution is -2.55. The molecule has 0 aromatic heterocycles. The maximum absolute atomic E-state index is 13.3. The maximum Gasteiger partial charge on any atom is 0.238 e. The Kier molecular flexibility index (Phi) is 5.13. The number of rotatable bonds is 3. The van der Waals surface area contributed by atoms with Crippen LogP contribution in [-0.2, 0) is 9.59 Å². The number of likely N-dealkylation sites (tertiary alicyclic amines) is 1. The summed E-state index contributed by atoms with van der Waals surface area (Å²) in [5, 5.41) is 3.25. The average molecular weight is 343 g/mol. The van der Waals surface area contributed by atoms with Crippen LogP contribution >= 0.6 is 0 Å². The average Bonchev–Trinajstić information content (AvgIpc) is 3.11. The SMILES string of the molecule is Cc1ccc(C2CCCN2C(=O)C(C)(C)C(=O)N2CCNCC2)cc1. The van der Waals surface area contributed by atoms with Crippen LogP contribution < -0.4 is 5.32 Å². The van der Waals surface area contributed by atoms with E-state index in [1.807, 2.05) is 9.80 Å². The van der Waals surface area contributed by atoms with Crippen molar-refractivity contribution < 1.29 is 9.59 Å². The van der Waals surface area contributed by atoms with Gasteiger partial charge in [0.2, 0.25) is 11.8 Å². The van der Waals surface area contributed by atoms with Crippen LogP contribution in [0.5, 0.6) is 0 Å². The Morgan fingerprint density at radius 2 is 1.68 bits per heavy atom. The van der Waals surface area contributed by atoms with Gasteiger partial charge in [-0.3, -0.25) is 9.59 Å². The van der Waals surface area contributed by atoms with Crippen LogP contribution in [0.3, 0.4) is 0 Å². The summed E-state index contributed by atoms with van der Waals surface area (Å²) in [6.07, 6.45) is 1.95. The number of hydrogen-bond acceptors (Lipinski definition) is 3. The third-order valence-corrected chi connectivity index (χ3v) is 5.45. The molecule has 2 saturated heterocycles. The standard InChI is InChI=1S/C20H29N3O2/c1-15-6-8-16(9-7-15)17-5-4-12-23(17)19(25)20(2,3)18(24)22-13-10-21-11-14-22/h6-9,17,21H,4-5,10-14H2,1-3H3. The molecule has 2 aliphatic heterocycles. The largest absolute Gasteiger partial charge is 0.339 e. The Morgan fingerprint density at radius 3 is 2.32 bits per heavy atom. The van der Waals surface area contributed by atoms with Crippen LogP contribution in [0.2, 0.25) is 0 Å². The van der Waals surface area contributed by atoms with Crippen molar-refractivity contribution in [1.29, 1.82) is 0 Å². The lowest BCUT2D eigenvalue weighted by atomic mass is 9.88. The van der Waals surface area contributed by atoms with Crippen LogP contribution in [0, 0.1) is 12.3 Å². The van der Waals surface area contributed by atoms with Crippen molar-refractivity contribution in [2.75, 3.05) is 32.7 Å². The Morgan fingerprint density at radius 1 is 1.04 bits per heavy atom. The number of piperazine rings is 1. The molecule has 2 fully saturated rings. The third kappa shape index (κ3) is 3.56. The van der Waals surface area contributed by atoms with Crippen molar-refractivity contribution in [2.45, 2.75) is 39.7 Å². The first kappa shape index (κ1) is 17.9. The van der Waals surface area contributed by atoms with E-state index in [9.17, 15) is 9.59 Å². The highest BCUT2D eigenvalue weighted by atomic mass is 16.2. The monoisotopic (exact) mass is 343 g/mol. The second kappa shape index (κ2) is 7.16. The smallest absolute Gasteiger partial charge is 0.238 e. The minimum atomic E-state index is -1.01. The van der Waals surface area contributed by atoms with Crippen molar-refractivity contribution in [2.24, 2.45) is 5.41 Å². The van der Waals surface area contributed by atoms with Crippen LogP contribution in [0.15, 0.2) is 24.3 Å².